The van der Waals surface area contributed by atoms with Gasteiger partial charge in [0.1, 0.15) is 0 Å². The third-order valence-corrected chi connectivity index (χ3v) is 5.59. The summed E-state index contributed by atoms with van der Waals surface area (Å²) in [6.45, 7) is 13.9. The van der Waals surface area contributed by atoms with Crippen molar-refractivity contribution in [3.8, 4) is 0 Å². The summed E-state index contributed by atoms with van der Waals surface area (Å²) < 4.78 is 0. The van der Waals surface area contributed by atoms with Crippen molar-refractivity contribution in [2.75, 3.05) is 26.2 Å². The lowest BCUT2D eigenvalue weighted by Gasteiger charge is -2.53. The van der Waals surface area contributed by atoms with Crippen LogP contribution in [0, 0.1) is 5.92 Å². The van der Waals surface area contributed by atoms with E-state index in [1.165, 1.54) is 45.3 Å². The van der Waals surface area contributed by atoms with Gasteiger partial charge in [0, 0.05) is 37.3 Å². The van der Waals surface area contributed by atoms with Crippen LogP contribution in [0.15, 0.2) is 0 Å². The van der Waals surface area contributed by atoms with Crippen molar-refractivity contribution >= 4 is 0 Å². The lowest BCUT2D eigenvalue weighted by Crippen LogP contribution is -2.63. The molecular formula is C16H33N3. The van der Waals surface area contributed by atoms with Crippen molar-refractivity contribution in [3.05, 3.63) is 0 Å². The molecule has 2 aliphatic rings. The van der Waals surface area contributed by atoms with Crippen molar-refractivity contribution in [1.29, 1.82) is 0 Å². The van der Waals surface area contributed by atoms with Gasteiger partial charge in [0.15, 0.2) is 0 Å². The molecule has 0 saturated carbocycles. The predicted molar refractivity (Wildman–Crippen MR) is 82.3 cm³/mol. The Morgan fingerprint density at radius 1 is 1.16 bits per heavy atom. The van der Waals surface area contributed by atoms with Crippen LogP contribution in [0.4, 0.5) is 0 Å². The van der Waals surface area contributed by atoms with Gasteiger partial charge in [0.2, 0.25) is 0 Å². The number of nitrogens with two attached hydrogens (primary N) is 1. The van der Waals surface area contributed by atoms with Crippen molar-refractivity contribution in [2.45, 2.75) is 71.0 Å². The van der Waals surface area contributed by atoms with Gasteiger partial charge in [-0.05, 0) is 58.9 Å². The van der Waals surface area contributed by atoms with Crippen LogP contribution in [0.1, 0.15) is 53.4 Å². The summed E-state index contributed by atoms with van der Waals surface area (Å²) >= 11 is 0. The van der Waals surface area contributed by atoms with Gasteiger partial charge >= 0.3 is 0 Å². The number of nitrogens with zero attached hydrogens (tertiary/aromatic N) is 2. The molecule has 0 amide bonds. The Kier molecular flexibility index (Phi) is 4.91. The summed E-state index contributed by atoms with van der Waals surface area (Å²) in [6.07, 6.45) is 5.19. The lowest BCUT2D eigenvalue weighted by atomic mass is 9.80. The minimum absolute atomic E-state index is 0.283. The Bertz CT molecular complexity index is 282. The molecule has 3 heteroatoms. The standard InChI is InChI=1S/C16H33N3/c1-13(2)18-9-6-16(12-17,7-10-18)19-8-5-14(3)11-15(19)4/h13-15H,5-12,17H2,1-4H3. The fourth-order valence-corrected chi connectivity index (χ4v) is 4.18. The average Bonchev–Trinajstić information content (AvgIpc) is 2.38. The van der Waals surface area contributed by atoms with Crippen molar-refractivity contribution < 1.29 is 0 Å². The highest BCUT2D eigenvalue weighted by atomic mass is 15.3. The van der Waals surface area contributed by atoms with Gasteiger partial charge in [-0.3, -0.25) is 4.90 Å². The van der Waals surface area contributed by atoms with E-state index in [0.29, 0.717) is 12.1 Å². The first-order valence-electron chi connectivity index (χ1n) is 8.19. The van der Waals surface area contributed by atoms with E-state index in [1.54, 1.807) is 0 Å². The maximum Gasteiger partial charge on any atom is 0.0358 e. The summed E-state index contributed by atoms with van der Waals surface area (Å²) in [5.41, 5.74) is 6.51. The zero-order chi connectivity index (χ0) is 14.0. The fraction of sp³-hybridized carbons (Fsp3) is 1.00. The second-order valence-electron chi connectivity index (χ2n) is 7.23. The third kappa shape index (κ3) is 3.14. The SMILES string of the molecule is CC1CCN(C2(CN)CCN(C(C)C)CC2)C(C)C1. The lowest BCUT2D eigenvalue weighted by molar-refractivity contribution is -0.0294. The first-order valence-corrected chi connectivity index (χ1v) is 8.19. The molecule has 2 unspecified atom stereocenters. The van der Waals surface area contributed by atoms with E-state index >= 15 is 0 Å². The van der Waals surface area contributed by atoms with Gasteiger partial charge in [-0.1, -0.05) is 6.92 Å². The average molecular weight is 267 g/mol. The second-order valence-corrected chi connectivity index (χ2v) is 7.23. The minimum Gasteiger partial charge on any atom is -0.329 e. The smallest absolute Gasteiger partial charge is 0.0358 e. The monoisotopic (exact) mass is 267 g/mol. The molecule has 2 atom stereocenters. The van der Waals surface area contributed by atoms with E-state index in [-0.39, 0.29) is 5.54 Å². The molecule has 2 heterocycles. The number of rotatable bonds is 3. The molecule has 2 saturated heterocycles. The zero-order valence-electron chi connectivity index (χ0n) is 13.4. The van der Waals surface area contributed by atoms with Crippen molar-refractivity contribution in [3.63, 3.8) is 0 Å². The summed E-state index contributed by atoms with van der Waals surface area (Å²) in [7, 11) is 0. The van der Waals surface area contributed by atoms with E-state index in [0.717, 1.165) is 12.5 Å². The summed E-state index contributed by atoms with van der Waals surface area (Å²) in [4.78, 5) is 5.36. The summed E-state index contributed by atoms with van der Waals surface area (Å²) in [5, 5.41) is 0. The first-order chi connectivity index (χ1) is 8.98. The topological polar surface area (TPSA) is 32.5 Å². The number of hydrogen-bond acceptors (Lipinski definition) is 3. The van der Waals surface area contributed by atoms with Crippen LogP contribution in [0.5, 0.6) is 0 Å². The molecule has 0 aromatic rings. The van der Waals surface area contributed by atoms with E-state index in [4.69, 9.17) is 5.73 Å². The van der Waals surface area contributed by atoms with Crippen LogP contribution in [-0.4, -0.2) is 53.6 Å². The van der Waals surface area contributed by atoms with Gasteiger partial charge in [0.05, 0.1) is 0 Å². The summed E-state index contributed by atoms with van der Waals surface area (Å²) in [5.74, 6) is 0.886. The summed E-state index contributed by atoms with van der Waals surface area (Å²) in [6, 6.07) is 1.38. The van der Waals surface area contributed by atoms with Crippen LogP contribution in [0.3, 0.4) is 0 Å². The van der Waals surface area contributed by atoms with Crippen LogP contribution in [0.25, 0.3) is 0 Å². The molecule has 19 heavy (non-hydrogen) atoms. The number of piperidine rings is 2. The van der Waals surface area contributed by atoms with E-state index in [1.807, 2.05) is 0 Å². The van der Waals surface area contributed by atoms with Gasteiger partial charge in [-0.15, -0.1) is 0 Å². The quantitative estimate of drug-likeness (QED) is 0.852. The first kappa shape index (κ1) is 15.3. The molecule has 2 rings (SSSR count). The highest BCUT2D eigenvalue weighted by molar-refractivity contribution is 5.00. The van der Waals surface area contributed by atoms with Crippen LogP contribution in [0.2, 0.25) is 0 Å². The maximum atomic E-state index is 6.23. The Balaban J connectivity index is 2.03. The van der Waals surface area contributed by atoms with E-state index in [9.17, 15) is 0 Å². The van der Waals surface area contributed by atoms with Crippen LogP contribution in [-0.2, 0) is 0 Å². The molecule has 0 aromatic heterocycles. The maximum absolute atomic E-state index is 6.23. The molecule has 3 nitrogen and oxygen atoms in total. The third-order valence-electron chi connectivity index (χ3n) is 5.59. The molecule has 112 valence electrons. The molecule has 0 aromatic carbocycles. The van der Waals surface area contributed by atoms with E-state index in [2.05, 4.69) is 37.5 Å². The Hall–Kier alpha value is -0.120. The van der Waals surface area contributed by atoms with Gasteiger partial charge in [-0.2, -0.15) is 0 Å². The van der Waals surface area contributed by atoms with Crippen LogP contribution < -0.4 is 5.73 Å². The van der Waals surface area contributed by atoms with E-state index < -0.39 is 0 Å². The van der Waals surface area contributed by atoms with Crippen LogP contribution >= 0.6 is 0 Å². The molecule has 0 bridgehead atoms. The minimum atomic E-state index is 0.283. The highest BCUT2D eigenvalue weighted by Crippen LogP contribution is 2.35. The largest absolute Gasteiger partial charge is 0.329 e. The molecule has 0 spiro atoms. The Labute approximate surface area is 119 Å². The van der Waals surface area contributed by atoms with Crippen molar-refractivity contribution in [1.82, 2.24) is 9.80 Å². The molecular weight excluding hydrogens is 234 g/mol. The molecule has 2 aliphatic heterocycles. The Morgan fingerprint density at radius 3 is 2.26 bits per heavy atom. The molecule has 2 fully saturated rings. The number of likely N-dealkylation sites (tertiary alicyclic amines) is 2. The highest BCUT2D eigenvalue weighted by Gasteiger charge is 2.42. The van der Waals surface area contributed by atoms with Gasteiger partial charge in [0.25, 0.3) is 0 Å². The molecule has 2 N–H and O–H groups in total. The fourth-order valence-electron chi connectivity index (χ4n) is 4.18. The van der Waals surface area contributed by atoms with Gasteiger partial charge in [-0.25, -0.2) is 0 Å². The number of hydrogen-bond donors (Lipinski definition) is 1. The van der Waals surface area contributed by atoms with Gasteiger partial charge < -0.3 is 10.6 Å². The normalized spacial score (nSPS) is 33.8. The molecule has 0 aliphatic carbocycles. The molecule has 0 radical (unpaired) electrons. The zero-order valence-corrected chi connectivity index (χ0v) is 13.4. The second kappa shape index (κ2) is 6.11. The predicted octanol–water partition coefficient (Wildman–Crippen LogP) is 2.31. The Morgan fingerprint density at radius 2 is 1.79 bits per heavy atom. The van der Waals surface area contributed by atoms with Crippen molar-refractivity contribution in [2.24, 2.45) is 11.7 Å².